The Labute approximate surface area is 129 Å². The molecular weight excluding hydrogens is 298 g/mol. The number of benzene rings is 1. The molecule has 0 N–H and O–H groups in total. The molecule has 0 spiro atoms. The Kier molecular flexibility index (Phi) is 3.12. The zero-order chi connectivity index (χ0) is 15.6. The summed E-state index contributed by atoms with van der Waals surface area (Å²) < 4.78 is 13.5. The van der Waals surface area contributed by atoms with Crippen LogP contribution in [0.25, 0.3) is 5.52 Å². The average Bonchev–Trinajstić information content (AvgIpc) is 3.21. The minimum Gasteiger partial charge on any atom is -0.417 e. The Morgan fingerprint density at radius 3 is 2.87 bits per heavy atom. The number of ether oxygens (including phenoxy) is 1. The van der Waals surface area contributed by atoms with Crippen LogP contribution in [0.4, 0.5) is 0 Å². The summed E-state index contributed by atoms with van der Waals surface area (Å²) in [6, 6.07) is 10.8. The normalized spacial score (nSPS) is 11.0. The smallest absolute Gasteiger partial charge is 0.399 e. The Morgan fingerprint density at radius 1 is 1.13 bits per heavy atom. The molecule has 0 saturated carbocycles. The van der Waals surface area contributed by atoms with Gasteiger partial charge in [-0.15, -0.1) is 0 Å². The van der Waals surface area contributed by atoms with Crippen LogP contribution in [0.3, 0.4) is 0 Å². The zero-order valence-corrected chi connectivity index (χ0v) is 11.9. The van der Waals surface area contributed by atoms with Gasteiger partial charge < -0.3 is 9.15 Å². The number of para-hydroxylation sites is 1. The Hall–Kier alpha value is -3.42. The van der Waals surface area contributed by atoms with Gasteiger partial charge in [-0.1, -0.05) is 18.2 Å². The highest BCUT2D eigenvalue weighted by molar-refractivity contribution is 5.41. The van der Waals surface area contributed by atoms with Gasteiger partial charge >= 0.3 is 6.08 Å². The first kappa shape index (κ1) is 13.3. The molecule has 3 heterocycles. The van der Waals surface area contributed by atoms with Crippen LogP contribution in [-0.4, -0.2) is 24.4 Å². The number of rotatable bonds is 4. The molecule has 23 heavy (non-hydrogen) atoms. The number of hydrogen-bond acceptors (Lipinski definition) is 6. The van der Waals surface area contributed by atoms with E-state index in [2.05, 4.69) is 15.2 Å². The van der Waals surface area contributed by atoms with Crippen molar-refractivity contribution in [1.82, 2.24) is 24.4 Å². The summed E-state index contributed by atoms with van der Waals surface area (Å²) in [6.07, 6.45) is 4.57. The van der Waals surface area contributed by atoms with Crippen molar-refractivity contribution in [2.45, 2.75) is 6.54 Å². The Bertz CT molecular complexity index is 1000. The first-order valence-electron chi connectivity index (χ1n) is 6.86. The number of hydrogen-bond donors (Lipinski definition) is 0. The first-order chi connectivity index (χ1) is 11.3. The largest absolute Gasteiger partial charge is 0.417 e. The van der Waals surface area contributed by atoms with Gasteiger partial charge in [-0.05, 0) is 18.2 Å². The van der Waals surface area contributed by atoms with E-state index in [1.807, 2.05) is 18.2 Å². The lowest BCUT2D eigenvalue weighted by atomic mass is 10.3. The molecule has 0 unspecified atom stereocenters. The fourth-order valence-corrected chi connectivity index (χ4v) is 2.13. The first-order valence-corrected chi connectivity index (χ1v) is 6.86. The van der Waals surface area contributed by atoms with Crippen molar-refractivity contribution in [3.05, 3.63) is 71.2 Å². The van der Waals surface area contributed by atoms with Crippen molar-refractivity contribution in [3.63, 3.8) is 0 Å². The predicted molar refractivity (Wildman–Crippen MR) is 79.4 cm³/mol. The van der Waals surface area contributed by atoms with Crippen molar-refractivity contribution < 1.29 is 9.15 Å². The van der Waals surface area contributed by atoms with Gasteiger partial charge in [-0.3, -0.25) is 4.79 Å². The van der Waals surface area contributed by atoms with E-state index in [0.717, 1.165) is 0 Å². The standard InChI is InChI=1S/C15H11N5O3/c21-14-13-6-7-16-20(13)10-17-19(14)8-11-9-22-15(18-11)23-12-4-2-1-3-5-12/h1-7,9-10H,8H2. The molecule has 4 rings (SSSR count). The quantitative estimate of drug-likeness (QED) is 0.570. The second-order valence-electron chi connectivity index (χ2n) is 4.77. The van der Waals surface area contributed by atoms with Gasteiger partial charge in [-0.2, -0.15) is 15.2 Å². The highest BCUT2D eigenvalue weighted by Crippen LogP contribution is 2.19. The third-order valence-electron chi connectivity index (χ3n) is 3.22. The van der Waals surface area contributed by atoms with Gasteiger partial charge in [0.2, 0.25) is 0 Å². The van der Waals surface area contributed by atoms with E-state index in [4.69, 9.17) is 9.15 Å². The second-order valence-corrected chi connectivity index (χ2v) is 4.77. The molecule has 0 atom stereocenters. The number of oxazole rings is 1. The maximum Gasteiger partial charge on any atom is 0.399 e. The minimum absolute atomic E-state index is 0.115. The fourth-order valence-electron chi connectivity index (χ4n) is 2.13. The SMILES string of the molecule is O=c1c2ccnn2cnn1Cc1coc(Oc2ccccc2)n1. The lowest BCUT2D eigenvalue weighted by molar-refractivity contribution is 0.330. The monoisotopic (exact) mass is 309 g/mol. The molecule has 114 valence electrons. The number of fused-ring (bicyclic) bond motifs is 1. The highest BCUT2D eigenvalue weighted by atomic mass is 16.6. The molecule has 0 radical (unpaired) electrons. The zero-order valence-electron chi connectivity index (χ0n) is 11.9. The summed E-state index contributed by atoms with van der Waals surface area (Å²) in [5, 5.41) is 8.01. The van der Waals surface area contributed by atoms with Crippen LogP contribution < -0.4 is 10.3 Å². The topological polar surface area (TPSA) is 87.5 Å². The molecule has 0 aliphatic carbocycles. The van der Waals surface area contributed by atoms with E-state index in [0.29, 0.717) is 17.0 Å². The van der Waals surface area contributed by atoms with E-state index in [1.165, 1.54) is 21.8 Å². The van der Waals surface area contributed by atoms with Crippen molar-refractivity contribution >= 4 is 5.52 Å². The number of aromatic nitrogens is 5. The molecule has 1 aromatic carbocycles. The fraction of sp³-hybridized carbons (Fsp3) is 0.0667. The summed E-state index contributed by atoms with van der Waals surface area (Å²) >= 11 is 0. The molecule has 0 aliphatic rings. The summed E-state index contributed by atoms with van der Waals surface area (Å²) in [4.78, 5) is 16.4. The molecule has 0 aliphatic heterocycles. The summed E-state index contributed by atoms with van der Waals surface area (Å²) in [5.74, 6) is 0.622. The van der Waals surface area contributed by atoms with Crippen LogP contribution in [-0.2, 0) is 6.54 Å². The van der Waals surface area contributed by atoms with E-state index in [1.54, 1.807) is 24.4 Å². The van der Waals surface area contributed by atoms with Crippen LogP contribution in [0, 0.1) is 0 Å². The molecular formula is C15H11N5O3. The van der Waals surface area contributed by atoms with Gasteiger partial charge in [0.05, 0.1) is 12.7 Å². The maximum absolute atomic E-state index is 12.2. The van der Waals surface area contributed by atoms with Crippen LogP contribution in [0.2, 0.25) is 0 Å². The van der Waals surface area contributed by atoms with Crippen molar-refractivity contribution in [2.75, 3.05) is 0 Å². The highest BCUT2D eigenvalue weighted by Gasteiger charge is 2.10. The van der Waals surface area contributed by atoms with Gasteiger partial charge in [0.25, 0.3) is 5.56 Å². The maximum atomic E-state index is 12.2. The van der Waals surface area contributed by atoms with Crippen LogP contribution in [0.15, 0.2) is 64.4 Å². The third kappa shape index (κ3) is 2.57. The molecule has 0 bridgehead atoms. The minimum atomic E-state index is -0.251. The lowest BCUT2D eigenvalue weighted by Gasteiger charge is -2.01. The summed E-state index contributed by atoms with van der Waals surface area (Å²) in [6.45, 7) is 0.183. The second kappa shape index (κ2) is 5.41. The molecule has 0 fully saturated rings. The molecule has 3 aromatic heterocycles. The summed E-state index contributed by atoms with van der Waals surface area (Å²) in [5.41, 5.74) is 0.733. The van der Waals surface area contributed by atoms with E-state index in [-0.39, 0.29) is 18.2 Å². The van der Waals surface area contributed by atoms with Gasteiger partial charge in [0, 0.05) is 0 Å². The predicted octanol–water partition coefficient (Wildman–Crippen LogP) is 1.72. The molecule has 0 saturated heterocycles. The molecule has 8 nitrogen and oxygen atoms in total. The summed E-state index contributed by atoms with van der Waals surface area (Å²) in [7, 11) is 0. The van der Waals surface area contributed by atoms with E-state index >= 15 is 0 Å². The van der Waals surface area contributed by atoms with Crippen molar-refractivity contribution in [2.24, 2.45) is 0 Å². The lowest BCUT2D eigenvalue weighted by Crippen LogP contribution is -2.25. The van der Waals surface area contributed by atoms with Crippen LogP contribution in [0.5, 0.6) is 11.8 Å². The molecule has 0 amide bonds. The molecule has 4 aromatic rings. The third-order valence-corrected chi connectivity index (χ3v) is 3.22. The van der Waals surface area contributed by atoms with E-state index < -0.39 is 0 Å². The Balaban J connectivity index is 1.57. The number of nitrogens with zero attached hydrogens (tertiary/aromatic N) is 5. The van der Waals surface area contributed by atoms with Crippen molar-refractivity contribution in [3.8, 4) is 11.8 Å². The van der Waals surface area contributed by atoms with E-state index in [9.17, 15) is 4.79 Å². The Morgan fingerprint density at radius 2 is 2.00 bits per heavy atom. The van der Waals surface area contributed by atoms with Gasteiger partial charge in [-0.25, -0.2) is 9.20 Å². The van der Waals surface area contributed by atoms with Crippen molar-refractivity contribution in [1.29, 1.82) is 0 Å². The molecule has 8 heteroatoms. The van der Waals surface area contributed by atoms with Crippen LogP contribution in [0.1, 0.15) is 5.69 Å². The average molecular weight is 309 g/mol. The van der Waals surface area contributed by atoms with Gasteiger partial charge in [0.15, 0.2) is 0 Å². The van der Waals surface area contributed by atoms with Crippen LogP contribution >= 0.6 is 0 Å². The van der Waals surface area contributed by atoms with Gasteiger partial charge in [0.1, 0.15) is 29.6 Å².